The highest BCUT2D eigenvalue weighted by atomic mass is 127. The Bertz CT molecular complexity index is 900. The summed E-state index contributed by atoms with van der Waals surface area (Å²) in [5.41, 5.74) is 11.6. The summed E-state index contributed by atoms with van der Waals surface area (Å²) >= 11 is 13.6. The molecule has 4 aromatic rings. The van der Waals surface area contributed by atoms with Gasteiger partial charge in [0, 0.05) is 25.9 Å². The molecule has 0 saturated carbocycles. The van der Waals surface area contributed by atoms with E-state index in [-0.39, 0.29) is 0 Å². The second-order valence-corrected chi connectivity index (χ2v) is 7.23. The van der Waals surface area contributed by atoms with Gasteiger partial charge in [0.05, 0.1) is 11.9 Å². The number of hydrogen-bond acceptors (Lipinski definition) is 4. The molecule has 4 rings (SSSR count). The summed E-state index contributed by atoms with van der Waals surface area (Å²) in [6.45, 7) is 0. The summed E-state index contributed by atoms with van der Waals surface area (Å²) in [4.78, 5) is 0. The molecule has 0 aliphatic rings. The van der Waals surface area contributed by atoms with Crippen LogP contribution in [0.4, 0.5) is 11.6 Å². The van der Waals surface area contributed by atoms with E-state index in [1.54, 1.807) is 29.2 Å². The fourth-order valence-electron chi connectivity index (χ4n) is 1.77. The molecule has 0 radical (unpaired) electrons. The second-order valence-electron chi connectivity index (χ2n) is 5.11. The number of nitrogens with two attached hydrogens (primary N) is 2. The first-order chi connectivity index (χ1) is 12.9. The molecule has 0 unspecified atom stereocenters. The van der Waals surface area contributed by atoms with Crippen molar-refractivity contribution >= 4 is 57.4 Å². The van der Waals surface area contributed by atoms with E-state index < -0.39 is 0 Å². The lowest BCUT2D eigenvalue weighted by Gasteiger charge is -1.99. The van der Waals surface area contributed by atoms with Crippen LogP contribution in [0.1, 0.15) is 0 Å². The molecule has 0 fully saturated rings. The number of nitrogens with zero attached hydrogens (tertiary/aromatic N) is 3. The standard InChI is InChI=1S/C9H8ClN3.C6H4ClI.C3H5N3/c10-7-1-3-8(4-2-7)13-6-5-9(11)12-13;7-5-1-3-6(8)4-2-5;4-3-1-2-5-6-3/h1-6H,(H2,11,12);1-4H;1-2H,(H3,4,5,6). The lowest BCUT2D eigenvalue weighted by atomic mass is 10.3. The Morgan fingerprint density at radius 1 is 0.852 bits per heavy atom. The number of nitrogens with one attached hydrogen (secondary N) is 1. The van der Waals surface area contributed by atoms with Crippen LogP contribution in [0.2, 0.25) is 10.0 Å². The molecule has 0 aliphatic carbocycles. The van der Waals surface area contributed by atoms with Crippen molar-refractivity contribution in [1.29, 1.82) is 0 Å². The molecule has 0 aliphatic heterocycles. The Morgan fingerprint density at radius 3 is 1.81 bits per heavy atom. The zero-order valence-electron chi connectivity index (χ0n) is 14.1. The summed E-state index contributed by atoms with van der Waals surface area (Å²) < 4.78 is 2.91. The first-order valence-electron chi connectivity index (χ1n) is 7.67. The van der Waals surface area contributed by atoms with Crippen molar-refractivity contribution < 1.29 is 0 Å². The molecule has 0 spiro atoms. The van der Waals surface area contributed by atoms with Gasteiger partial charge in [-0.1, -0.05) is 23.2 Å². The molecule has 2 heterocycles. The molecule has 6 nitrogen and oxygen atoms in total. The Morgan fingerprint density at radius 2 is 1.44 bits per heavy atom. The molecular formula is C18H17Cl2IN6. The maximum Gasteiger partial charge on any atom is 0.145 e. The van der Waals surface area contributed by atoms with Crippen LogP contribution in [-0.4, -0.2) is 20.0 Å². The Kier molecular flexibility index (Phi) is 8.43. The van der Waals surface area contributed by atoms with Crippen molar-refractivity contribution in [3.63, 3.8) is 0 Å². The maximum absolute atomic E-state index is 5.75. The highest BCUT2D eigenvalue weighted by Gasteiger charge is 1.97. The van der Waals surface area contributed by atoms with Crippen molar-refractivity contribution in [2.45, 2.75) is 0 Å². The molecule has 0 amide bonds. The SMILES string of the molecule is Clc1ccc(I)cc1.Nc1ccn(-c2ccc(Cl)cc2)n1.Nc1ccn[nH]1. The molecule has 9 heteroatoms. The first kappa shape index (κ1) is 21.1. The minimum atomic E-state index is 0.509. The third-order valence-corrected chi connectivity index (χ3v) is 4.25. The van der Waals surface area contributed by atoms with Crippen LogP contribution >= 0.6 is 45.8 Å². The summed E-state index contributed by atoms with van der Waals surface area (Å²) in [5, 5.41) is 11.7. The van der Waals surface area contributed by atoms with Crippen LogP contribution in [-0.2, 0) is 0 Å². The Labute approximate surface area is 180 Å². The van der Waals surface area contributed by atoms with Gasteiger partial charge in [0.25, 0.3) is 0 Å². The van der Waals surface area contributed by atoms with Crippen LogP contribution < -0.4 is 11.5 Å². The molecule has 5 N–H and O–H groups in total. The van der Waals surface area contributed by atoms with Crippen LogP contribution in [0, 0.1) is 3.57 Å². The third-order valence-electron chi connectivity index (χ3n) is 3.03. The van der Waals surface area contributed by atoms with Crippen LogP contribution in [0.25, 0.3) is 5.69 Å². The number of rotatable bonds is 1. The van der Waals surface area contributed by atoms with Crippen LogP contribution in [0.3, 0.4) is 0 Å². The van der Waals surface area contributed by atoms with Crippen molar-refractivity contribution in [3.8, 4) is 5.69 Å². The van der Waals surface area contributed by atoms with Crippen molar-refractivity contribution in [2.24, 2.45) is 0 Å². The summed E-state index contributed by atoms with van der Waals surface area (Å²) in [7, 11) is 0. The molecule has 0 atom stereocenters. The fraction of sp³-hybridized carbons (Fsp3) is 0. The number of benzene rings is 2. The zero-order chi connectivity index (χ0) is 19.6. The zero-order valence-corrected chi connectivity index (χ0v) is 17.7. The van der Waals surface area contributed by atoms with Gasteiger partial charge in [0.2, 0.25) is 0 Å². The van der Waals surface area contributed by atoms with Gasteiger partial charge in [-0.2, -0.15) is 10.2 Å². The molecule has 27 heavy (non-hydrogen) atoms. The Hall–Kier alpha value is -2.23. The van der Waals surface area contributed by atoms with E-state index in [0.29, 0.717) is 16.7 Å². The summed E-state index contributed by atoms with van der Waals surface area (Å²) in [6, 6.07) is 18.5. The quantitative estimate of drug-likeness (QED) is 0.310. The molecule has 2 aromatic heterocycles. The van der Waals surface area contributed by atoms with Gasteiger partial charge < -0.3 is 11.5 Å². The number of halogens is 3. The number of H-pyrrole nitrogens is 1. The topological polar surface area (TPSA) is 98.5 Å². The van der Waals surface area contributed by atoms with E-state index in [2.05, 4.69) is 37.9 Å². The molecule has 0 saturated heterocycles. The summed E-state index contributed by atoms with van der Waals surface area (Å²) in [6.07, 6.45) is 3.41. The lowest BCUT2D eigenvalue weighted by molar-refractivity contribution is 0.886. The van der Waals surface area contributed by atoms with Gasteiger partial charge in [-0.25, -0.2) is 4.68 Å². The van der Waals surface area contributed by atoms with Gasteiger partial charge in [0.15, 0.2) is 0 Å². The number of nitrogen functional groups attached to an aromatic ring is 2. The van der Waals surface area contributed by atoms with Crippen LogP contribution in [0.15, 0.2) is 73.1 Å². The smallest absolute Gasteiger partial charge is 0.145 e. The van der Waals surface area contributed by atoms with Crippen molar-refractivity contribution in [1.82, 2.24) is 20.0 Å². The van der Waals surface area contributed by atoms with Crippen LogP contribution in [0.5, 0.6) is 0 Å². The largest absolute Gasteiger partial charge is 0.384 e. The van der Waals surface area contributed by atoms with E-state index in [1.165, 1.54) is 3.57 Å². The van der Waals surface area contributed by atoms with E-state index in [1.807, 2.05) is 48.5 Å². The lowest BCUT2D eigenvalue weighted by Crippen LogP contribution is -1.95. The number of aromatic nitrogens is 4. The van der Waals surface area contributed by atoms with Gasteiger partial charge in [-0.3, -0.25) is 5.10 Å². The van der Waals surface area contributed by atoms with E-state index in [4.69, 9.17) is 34.7 Å². The normalized spacial score (nSPS) is 9.59. The highest BCUT2D eigenvalue weighted by Crippen LogP contribution is 2.13. The maximum atomic E-state index is 5.75. The summed E-state index contributed by atoms with van der Waals surface area (Å²) in [5.74, 6) is 1.12. The van der Waals surface area contributed by atoms with Gasteiger partial charge in [-0.15, -0.1) is 0 Å². The fourth-order valence-corrected chi connectivity index (χ4v) is 2.38. The Balaban J connectivity index is 0.000000159. The third kappa shape index (κ3) is 7.90. The molecular weight excluding hydrogens is 498 g/mol. The predicted octanol–water partition coefficient (Wildman–Crippen LogP) is 5.04. The van der Waals surface area contributed by atoms with E-state index >= 15 is 0 Å². The second kappa shape index (κ2) is 10.8. The van der Waals surface area contributed by atoms with Crippen molar-refractivity contribution in [2.75, 3.05) is 11.5 Å². The van der Waals surface area contributed by atoms with Crippen molar-refractivity contribution in [3.05, 3.63) is 86.7 Å². The molecule has 0 bridgehead atoms. The molecule has 2 aromatic carbocycles. The monoisotopic (exact) mass is 514 g/mol. The van der Waals surface area contributed by atoms with E-state index in [9.17, 15) is 0 Å². The highest BCUT2D eigenvalue weighted by molar-refractivity contribution is 14.1. The minimum absolute atomic E-state index is 0.509. The predicted molar refractivity (Wildman–Crippen MR) is 120 cm³/mol. The number of hydrogen-bond donors (Lipinski definition) is 3. The average Bonchev–Trinajstić information content (AvgIpc) is 3.30. The molecule has 140 valence electrons. The average molecular weight is 515 g/mol. The van der Waals surface area contributed by atoms with Gasteiger partial charge in [-0.05, 0) is 77.2 Å². The van der Waals surface area contributed by atoms with Gasteiger partial charge >= 0.3 is 0 Å². The number of anilines is 2. The number of aromatic amines is 1. The first-order valence-corrected chi connectivity index (χ1v) is 9.50. The van der Waals surface area contributed by atoms with E-state index in [0.717, 1.165) is 10.7 Å². The minimum Gasteiger partial charge on any atom is -0.384 e. The van der Waals surface area contributed by atoms with Gasteiger partial charge in [0.1, 0.15) is 11.6 Å².